The Morgan fingerprint density at radius 1 is 1.18 bits per heavy atom. The number of carbonyl (C=O) groups excluding carboxylic acids is 1. The summed E-state index contributed by atoms with van der Waals surface area (Å²) in [7, 11) is -3.43. The van der Waals surface area contributed by atoms with Crippen molar-refractivity contribution in [3.8, 4) is 0 Å². The maximum absolute atomic E-state index is 11.8. The number of carbonyl (C=O) groups is 1. The molecule has 0 bridgehead atoms. The van der Waals surface area contributed by atoms with Gasteiger partial charge >= 0.3 is 0 Å². The highest BCUT2D eigenvalue weighted by molar-refractivity contribution is 7.90. The van der Waals surface area contributed by atoms with Crippen LogP contribution in [0.25, 0.3) is 0 Å². The van der Waals surface area contributed by atoms with E-state index in [1.807, 2.05) is 12.2 Å². The molecule has 0 aromatic rings. The fourth-order valence-electron chi connectivity index (χ4n) is 2.60. The minimum atomic E-state index is -3.43. The summed E-state index contributed by atoms with van der Waals surface area (Å²) < 4.78 is 25.8. The molecular weight excluding hydrogens is 238 g/mol. The number of allylic oxidation sites excluding steroid dienone is 2. The van der Waals surface area contributed by atoms with Crippen LogP contribution >= 0.6 is 0 Å². The molecule has 1 saturated carbocycles. The molecule has 2 aliphatic rings. The molecule has 0 atom stereocenters. The first-order valence-electron chi connectivity index (χ1n) is 6.26. The van der Waals surface area contributed by atoms with Gasteiger partial charge in [0.05, 0.1) is 5.75 Å². The van der Waals surface area contributed by atoms with Crippen LogP contribution in [-0.2, 0) is 14.8 Å². The van der Waals surface area contributed by atoms with Crippen LogP contribution in [0.3, 0.4) is 0 Å². The second-order valence-corrected chi connectivity index (χ2v) is 6.80. The van der Waals surface area contributed by atoms with Crippen LogP contribution in [0.4, 0.5) is 0 Å². The summed E-state index contributed by atoms with van der Waals surface area (Å²) in [5, 5.41) is 0. The molecule has 1 amide bonds. The van der Waals surface area contributed by atoms with Gasteiger partial charge in [-0.2, -0.15) is 0 Å². The van der Waals surface area contributed by atoms with E-state index in [0.717, 1.165) is 25.7 Å². The lowest BCUT2D eigenvalue weighted by atomic mass is 10.1. The van der Waals surface area contributed by atoms with E-state index in [1.54, 1.807) is 0 Å². The predicted octanol–water partition coefficient (Wildman–Crippen LogP) is 1.59. The van der Waals surface area contributed by atoms with Crippen LogP contribution in [0.15, 0.2) is 12.2 Å². The van der Waals surface area contributed by atoms with E-state index >= 15 is 0 Å². The number of rotatable bonds is 4. The SMILES string of the molecule is O=C(NS(=O)(=O)CC1CCCC1)C1CC=CC1. The molecule has 0 saturated heterocycles. The standard InChI is InChI=1S/C12H19NO3S/c14-12(11-7-3-4-8-11)13-17(15,16)9-10-5-1-2-6-10/h3-4,10-11H,1-2,5-9H2,(H,13,14). The molecule has 2 rings (SSSR count). The average molecular weight is 257 g/mol. The van der Waals surface area contributed by atoms with Gasteiger partial charge in [0.25, 0.3) is 0 Å². The summed E-state index contributed by atoms with van der Waals surface area (Å²) >= 11 is 0. The third-order valence-electron chi connectivity index (χ3n) is 3.56. The average Bonchev–Trinajstić information content (AvgIpc) is 2.85. The summed E-state index contributed by atoms with van der Waals surface area (Å²) in [5.74, 6) is -0.179. The lowest BCUT2D eigenvalue weighted by molar-refractivity contribution is -0.122. The Morgan fingerprint density at radius 2 is 1.76 bits per heavy atom. The number of nitrogens with one attached hydrogen (secondary N) is 1. The molecule has 0 spiro atoms. The van der Waals surface area contributed by atoms with Crippen molar-refractivity contribution in [3.63, 3.8) is 0 Å². The van der Waals surface area contributed by atoms with Gasteiger partial charge in [-0.25, -0.2) is 8.42 Å². The predicted molar refractivity (Wildman–Crippen MR) is 65.8 cm³/mol. The lowest BCUT2D eigenvalue weighted by Gasteiger charge is -2.13. The van der Waals surface area contributed by atoms with Crippen LogP contribution in [0.2, 0.25) is 0 Å². The third-order valence-corrected chi connectivity index (χ3v) is 4.99. The van der Waals surface area contributed by atoms with Gasteiger partial charge in [-0.3, -0.25) is 9.52 Å². The Labute approximate surface area is 103 Å². The van der Waals surface area contributed by atoms with E-state index in [4.69, 9.17) is 0 Å². The zero-order valence-corrected chi connectivity index (χ0v) is 10.7. The van der Waals surface area contributed by atoms with Crippen LogP contribution in [0.1, 0.15) is 38.5 Å². The van der Waals surface area contributed by atoms with Crippen molar-refractivity contribution in [2.24, 2.45) is 11.8 Å². The van der Waals surface area contributed by atoms with Crippen molar-refractivity contribution in [3.05, 3.63) is 12.2 Å². The van der Waals surface area contributed by atoms with Gasteiger partial charge in [0, 0.05) is 5.92 Å². The molecule has 5 heteroatoms. The van der Waals surface area contributed by atoms with Gasteiger partial charge in [0.1, 0.15) is 0 Å². The highest BCUT2D eigenvalue weighted by Crippen LogP contribution is 2.26. The molecule has 96 valence electrons. The van der Waals surface area contributed by atoms with E-state index in [2.05, 4.69) is 4.72 Å². The summed E-state index contributed by atoms with van der Waals surface area (Å²) in [6.07, 6.45) is 9.33. The Morgan fingerprint density at radius 3 is 2.35 bits per heavy atom. The third kappa shape index (κ3) is 3.56. The van der Waals surface area contributed by atoms with E-state index in [0.29, 0.717) is 12.8 Å². The van der Waals surface area contributed by atoms with Crippen LogP contribution in [-0.4, -0.2) is 20.1 Å². The minimum Gasteiger partial charge on any atom is -0.274 e. The fraction of sp³-hybridized carbons (Fsp3) is 0.750. The van der Waals surface area contributed by atoms with Crippen LogP contribution < -0.4 is 4.72 Å². The molecule has 0 unspecified atom stereocenters. The summed E-state index contributed by atoms with van der Waals surface area (Å²) in [4.78, 5) is 11.7. The Balaban J connectivity index is 1.85. The molecule has 0 radical (unpaired) electrons. The van der Waals surface area contributed by atoms with Crippen molar-refractivity contribution in [1.82, 2.24) is 4.72 Å². The summed E-state index contributed by atoms with van der Waals surface area (Å²) in [6, 6.07) is 0. The maximum Gasteiger partial charge on any atom is 0.237 e. The largest absolute Gasteiger partial charge is 0.274 e. The number of sulfonamides is 1. The second kappa shape index (κ2) is 5.21. The van der Waals surface area contributed by atoms with Gasteiger partial charge in [-0.15, -0.1) is 0 Å². The van der Waals surface area contributed by atoms with Gasteiger partial charge in [0.15, 0.2) is 0 Å². The Kier molecular flexibility index (Phi) is 3.86. The topological polar surface area (TPSA) is 63.2 Å². The van der Waals surface area contributed by atoms with Gasteiger partial charge in [-0.1, -0.05) is 25.0 Å². The molecule has 2 aliphatic carbocycles. The maximum atomic E-state index is 11.8. The lowest BCUT2D eigenvalue weighted by Crippen LogP contribution is -2.37. The number of amides is 1. The highest BCUT2D eigenvalue weighted by atomic mass is 32.2. The van der Waals surface area contributed by atoms with E-state index < -0.39 is 10.0 Å². The minimum absolute atomic E-state index is 0.110. The van der Waals surface area contributed by atoms with Gasteiger partial charge in [-0.05, 0) is 31.6 Å². The molecule has 0 aromatic carbocycles. The molecule has 0 aromatic heterocycles. The first kappa shape index (κ1) is 12.6. The smallest absolute Gasteiger partial charge is 0.237 e. The van der Waals surface area contributed by atoms with Gasteiger partial charge in [0.2, 0.25) is 15.9 Å². The van der Waals surface area contributed by atoms with Crippen molar-refractivity contribution in [2.75, 3.05) is 5.75 Å². The molecule has 4 nitrogen and oxygen atoms in total. The molecule has 17 heavy (non-hydrogen) atoms. The molecule has 0 heterocycles. The van der Waals surface area contributed by atoms with Crippen molar-refractivity contribution in [2.45, 2.75) is 38.5 Å². The molecule has 1 fully saturated rings. The van der Waals surface area contributed by atoms with Crippen molar-refractivity contribution < 1.29 is 13.2 Å². The first-order chi connectivity index (χ1) is 8.07. The quantitative estimate of drug-likeness (QED) is 0.778. The van der Waals surface area contributed by atoms with E-state index in [-0.39, 0.29) is 23.5 Å². The fourth-order valence-corrected chi connectivity index (χ4v) is 4.11. The molecule has 0 aliphatic heterocycles. The first-order valence-corrected chi connectivity index (χ1v) is 7.91. The number of hydrogen-bond acceptors (Lipinski definition) is 3. The monoisotopic (exact) mass is 257 g/mol. The molecule has 1 N–H and O–H groups in total. The van der Waals surface area contributed by atoms with E-state index in [9.17, 15) is 13.2 Å². The zero-order chi connectivity index (χ0) is 12.3. The van der Waals surface area contributed by atoms with Crippen molar-refractivity contribution >= 4 is 15.9 Å². The summed E-state index contributed by atoms with van der Waals surface area (Å²) in [5.41, 5.74) is 0. The summed E-state index contributed by atoms with van der Waals surface area (Å²) in [6.45, 7) is 0. The number of hydrogen-bond donors (Lipinski definition) is 1. The molecular formula is C12H19NO3S. The van der Waals surface area contributed by atoms with Crippen LogP contribution in [0.5, 0.6) is 0 Å². The van der Waals surface area contributed by atoms with E-state index in [1.165, 1.54) is 0 Å². The Hall–Kier alpha value is -0.840. The van der Waals surface area contributed by atoms with Crippen LogP contribution in [0, 0.1) is 11.8 Å². The normalized spacial score (nSPS) is 22.1. The Bertz CT molecular complexity index is 399. The zero-order valence-electron chi connectivity index (χ0n) is 9.89. The highest BCUT2D eigenvalue weighted by Gasteiger charge is 2.27. The van der Waals surface area contributed by atoms with Crippen molar-refractivity contribution in [1.29, 1.82) is 0 Å². The second-order valence-electron chi connectivity index (χ2n) is 5.04. The van der Waals surface area contributed by atoms with Gasteiger partial charge < -0.3 is 0 Å².